The zero-order valence-electron chi connectivity index (χ0n) is 11.2. The molecule has 1 aromatic carbocycles. The number of carbonyl (C=O) groups is 1. The molecular weight excluding hydrogens is 378 g/mol. The maximum atomic E-state index is 10.7. The minimum absolute atomic E-state index is 0.0431. The molecule has 0 aliphatic carbocycles. The van der Waals surface area contributed by atoms with E-state index in [0.29, 0.717) is 22.5 Å². The Morgan fingerprint density at radius 2 is 2.24 bits per heavy atom. The van der Waals surface area contributed by atoms with Gasteiger partial charge in [0.1, 0.15) is 0 Å². The summed E-state index contributed by atoms with van der Waals surface area (Å²) in [6.45, 7) is 2.76. The van der Waals surface area contributed by atoms with Crippen LogP contribution < -0.4 is 0 Å². The van der Waals surface area contributed by atoms with Crippen LogP contribution in [-0.4, -0.2) is 31.6 Å². The third-order valence-electron chi connectivity index (χ3n) is 2.66. The summed E-state index contributed by atoms with van der Waals surface area (Å²) in [6, 6.07) is 5.45. The molecule has 5 nitrogen and oxygen atoms in total. The average molecular weight is 391 g/mol. The molecule has 21 heavy (non-hydrogen) atoms. The minimum Gasteiger partial charge on any atom is -0.481 e. The van der Waals surface area contributed by atoms with Gasteiger partial charge in [-0.3, -0.25) is 4.79 Å². The van der Waals surface area contributed by atoms with Gasteiger partial charge in [-0.1, -0.05) is 46.2 Å². The van der Waals surface area contributed by atoms with Crippen molar-refractivity contribution in [3.63, 3.8) is 0 Å². The number of halogens is 2. The smallest absolute Gasteiger partial charge is 0.313 e. The SMILES string of the molecule is CCCn1c(SCC(=O)O)nnc1-c1cc(Cl)ccc1Br. The molecule has 0 saturated heterocycles. The summed E-state index contributed by atoms with van der Waals surface area (Å²) in [5, 5.41) is 18.3. The maximum absolute atomic E-state index is 10.7. The van der Waals surface area contributed by atoms with Crippen LogP contribution in [0, 0.1) is 0 Å². The third-order valence-corrected chi connectivity index (χ3v) is 4.54. The molecule has 0 aliphatic rings. The first-order chi connectivity index (χ1) is 10.0. The van der Waals surface area contributed by atoms with Gasteiger partial charge in [0.05, 0.1) is 5.75 Å². The molecule has 1 aromatic heterocycles. The standard InChI is InChI=1S/C13H13BrClN3O2S/c1-2-5-18-12(9-6-8(15)3-4-10(9)14)16-17-13(18)21-7-11(19)20/h3-4,6H,2,5,7H2,1H3,(H,19,20). The van der Waals surface area contributed by atoms with E-state index in [9.17, 15) is 4.79 Å². The monoisotopic (exact) mass is 389 g/mol. The number of rotatable bonds is 6. The van der Waals surface area contributed by atoms with Crippen molar-refractivity contribution in [2.45, 2.75) is 25.0 Å². The number of hydrogen-bond acceptors (Lipinski definition) is 4. The summed E-state index contributed by atoms with van der Waals surface area (Å²) in [5.41, 5.74) is 0.839. The lowest BCUT2D eigenvalue weighted by atomic mass is 10.2. The first-order valence-electron chi connectivity index (χ1n) is 6.26. The van der Waals surface area contributed by atoms with E-state index in [-0.39, 0.29) is 5.75 Å². The Hall–Kier alpha value is -1.05. The van der Waals surface area contributed by atoms with Crippen molar-refractivity contribution >= 4 is 45.3 Å². The number of thioether (sulfide) groups is 1. The molecule has 0 unspecified atom stereocenters. The molecule has 0 aliphatic heterocycles. The van der Waals surface area contributed by atoms with Gasteiger partial charge in [-0.2, -0.15) is 0 Å². The van der Waals surface area contributed by atoms with Crippen molar-refractivity contribution in [1.29, 1.82) is 0 Å². The van der Waals surface area contributed by atoms with E-state index in [1.165, 1.54) is 0 Å². The Kier molecular flexibility index (Phi) is 5.66. The highest BCUT2D eigenvalue weighted by Crippen LogP contribution is 2.32. The molecule has 0 atom stereocenters. The summed E-state index contributed by atoms with van der Waals surface area (Å²) in [5.74, 6) is -0.242. The van der Waals surface area contributed by atoms with Crippen LogP contribution >= 0.6 is 39.3 Å². The fourth-order valence-corrected chi connectivity index (χ4v) is 3.10. The van der Waals surface area contributed by atoms with Gasteiger partial charge in [-0.15, -0.1) is 10.2 Å². The molecule has 8 heteroatoms. The Balaban J connectivity index is 2.43. The molecule has 2 aromatic rings. The van der Waals surface area contributed by atoms with Crippen LogP contribution in [0.2, 0.25) is 5.02 Å². The van der Waals surface area contributed by atoms with Gasteiger partial charge in [-0.05, 0) is 24.6 Å². The highest BCUT2D eigenvalue weighted by atomic mass is 79.9. The summed E-state index contributed by atoms with van der Waals surface area (Å²) in [6.07, 6.45) is 0.893. The van der Waals surface area contributed by atoms with E-state index >= 15 is 0 Å². The second-order valence-electron chi connectivity index (χ2n) is 4.26. The predicted octanol–water partition coefficient (Wildman–Crippen LogP) is 3.95. The van der Waals surface area contributed by atoms with Gasteiger partial charge in [0.25, 0.3) is 0 Å². The minimum atomic E-state index is -0.878. The third kappa shape index (κ3) is 3.99. The van der Waals surface area contributed by atoms with Gasteiger partial charge in [-0.25, -0.2) is 0 Å². The summed E-state index contributed by atoms with van der Waals surface area (Å²) in [4.78, 5) is 10.7. The van der Waals surface area contributed by atoms with Gasteiger partial charge in [0, 0.05) is 21.6 Å². The van der Waals surface area contributed by atoms with Gasteiger partial charge < -0.3 is 9.67 Å². The molecular formula is C13H13BrClN3O2S. The van der Waals surface area contributed by atoms with Crippen molar-refractivity contribution < 1.29 is 9.90 Å². The highest BCUT2D eigenvalue weighted by Gasteiger charge is 2.17. The zero-order chi connectivity index (χ0) is 15.4. The first-order valence-corrected chi connectivity index (χ1v) is 8.41. The van der Waals surface area contributed by atoms with Crippen molar-refractivity contribution in [3.8, 4) is 11.4 Å². The predicted molar refractivity (Wildman–Crippen MR) is 86.8 cm³/mol. The number of nitrogens with zero attached hydrogens (tertiary/aromatic N) is 3. The van der Waals surface area contributed by atoms with Crippen molar-refractivity contribution in [2.24, 2.45) is 0 Å². The van der Waals surface area contributed by atoms with Crippen LogP contribution in [0.1, 0.15) is 13.3 Å². The second-order valence-corrected chi connectivity index (χ2v) is 6.50. The normalized spacial score (nSPS) is 10.8. The van der Waals surface area contributed by atoms with Gasteiger partial charge >= 0.3 is 5.97 Å². The van der Waals surface area contributed by atoms with Crippen LogP contribution in [0.5, 0.6) is 0 Å². The molecule has 0 amide bonds. The van der Waals surface area contributed by atoms with E-state index in [4.69, 9.17) is 16.7 Å². The van der Waals surface area contributed by atoms with E-state index < -0.39 is 5.97 Å². The molecule has 1 N–H and O–H groups in total. The molecule has 1 heterocycles. The molecule has 0 radical (unpaired) electrons. The molecule has 0 fully saturated rings. The van der Waals surface area contributed by atoms with E-state index in [1.54, 1.807) is 6.07 Å². The Bertz CT molecular complexity index is 663. The lowest BCUT2D eigenvalue weighted by molar-refractivity contribution is -0.133. The quantitative estimate of drug-likeness (QED) is 0.756. The highest BCUT2D eigenvalue weighted by molar-refractivity contribution is 9.10. The number of hydrogen-bond donors (Lipinski definition) is 1. The molecule has 0 bridgehead atoms. The lowest BCUT2D eigenvalue weighted by Gasteiger charge is -2.09. The molecule has 112 valence electrons. The van der Waals surface area contributed by atoms with Crippen LogP contribution in [0.3, 0.4) is 0 Å². The van der Waals surface area contributed by atoms with Gasteiger partial charge in [0.2, 0.25) is 0 Å². The van der Waals surface area contributed by atoms with Crippen LogP contribution in [0.25, 0.3) is 11.4 Å². The van der Waals surface area contributed by atoms with Crippen molar-refractivity contribution in [3.05, 3.63) is 27.7 Å². The molecule has 0 saturated carbocycles. The Morgan fingerprint density at radius 3 is 2.90 bits per heavy atom. The lowest BCUT2D eigenvalue weighted by Crippen LogP contribution is -2.04. The van der Waals surface area contributed by atoms with E-state index in [0.717, 1.165) is 28.2 Å². The number of aliphatic carboxylic acids is 1. The number of carboxylic acids is 1. The van der Waals surface area contributed by atoms with Crippen molar-refractivity contribution in [1.82, 2.24) is 14.8 Å². The second kappa shape index (κ2) is 7.29. The Morgan fingerprint density at radius 1 is 1.48 bits per heavy atom. The first kappa shape index (κ1) is 16.3. The molecule has 2 rings (SSSR count). The summed E-state index contributed by atoms with van der Waals surface area (Å²) >= 11 is 10.7. The van der Waals surface area contributed by atoms with Crippen molar-refractivity contribution in [2.75, 3.05) is 5.75 Å². The largest absolute Gasteiger partial charge is 0.481 e. The Labute approximate surface area is 139 Å². The fraction of sp³-hybridized carbons (Fsp3) is 0.308. The topological polar surface area (TPSA) is 68.0 Å². The van der Waals surface area contributed by atoms with E-state index in [1.807, 2.05) is 23.6 Å². The van der Waals surface area contributed by atoms with Gasteiger partial charge in [0.15, 0.2) is 11.0 Å². The fourth-order valence-electron chi connectivity index (χ4n) is 1.82. The maximum Gasteiger partial charge on any atom is 0.313 e. The summed E-state index contributed by atoms with van der Waals surface area (Å²) < 4.78 is 2.79. The summed E-state index contributed by atoms with van der Waals surface area (Å²) in [7, 11) is 0. The number of benzene rings is 1. The number of aromatic nitrogens is 3. The number of carboxylic acid groups (broad SMARTS) is 1. The van der Waals surface area contributed by atoms with E-state index in [2.05, 4.69) is 26.1 Å². The average Bonchev–Trinajstić information content (AvgIpc) is 2.82. The zero-order valence-corrected chi connectivity index (χ0v) is 14.4. The van der Waals surface area contributed by atoms with Crippen LogP contribution in [-0.2, 0) is 11.3 Å². The van der Waals surface area contributed by atoms with Crippen LogP contribution in [0.4, 0.5) is 0 Å². The van der Waals surface area contributed by atoms with Crippen LogP contribution in [0.15, 0.2) is 27.8 Å². The molecule has 0 spiro atoms.